The quantitative estimate of drug-likeness (QED) is 0.726. The number of carbonyl (C=O) groups excluding carboxylic acids is 2. The fraction of sp³-hybridized carbons (Fsp3) is 0.176. The maximum Gasteiger partial charge on any atom is 0.198 e. The van der Waals surface area contributed by atoms with E-state index in [9.17, 15) is 19.8 Å². The molecule has 1 aliphatic rings. The monoisotopic (exact) mass is 298 g/mol. The Hall–Kier alpha value is -2.82. The minimum atomic E-state index is -0.500. The number of hydrogen-bond acceptors (Lipinski definition) is 5. The second kappa shape index (κ2) is 5.18. The van der Waals surface area contributed by atoms with Crippen molar-refractivity contribution in [2.24, 2.45) is 0 Å². The van der Waals surface area contributed by atoms with Crippen molar-refractivity contribution in [3.8, 4) is 17.2 Å². The minimum Gasteiger partial charge on any atom is -0.507 e. The number of phenols is 2. The first-order chi connectivity index (χ1) is 10.6. The van der Waals surface area contributed by atoms with Crippen molar-refractivity contribution in [1.29, 1.82) is 0 Å². The van der Waals surface area contributed by atoms with E-state index in [0.29, 0.717) is 13.0 Å². The Morgan fingerprint density at radius 1 is 1.00 bits per heavy atom. The van der Waals surface area contributed by atoms with Gasteiger partial charge in [0, 0.05) is 17.2 Å². The molecule has 2 N–H and O–H groups in total. The van der Waals surface area contributed by atoms with Crippen molar-refractivity contribution >= 4 is 11.6 Å². The molecule has 0 aliphatic heterocycles. The SMILES string of the molecule is CCCOc1cc(O)c2c(c1O)C(=O)c1ccccc1C2=O. The Balaban J connectivity index is 2.24. The van der Waals surface area contributed by atoms with Crippen molar-refractivity contribution in [2.75, 3.05) is 6.61 Å². The van der Waals surface area contributed by atoms with Gasteiger partial charge in [0.15, 0.2) is 23.1 Å². The molecule has 1 aliphatic carbocycles. The third kappa shape index (κ3) is 1.94. The van der Waals surface area contributed by atoms with E-state index in [0.717, 1.165) is 0 Å². The molecule has 0 bridgehead atoms. The lowest BCUT2D eigenvalue weighted by atomic mass is 9.83. The average molecular weight is 298 g/mol. The summed E-state index contributed by atoms with van der Waals surface area (Å²) >= 11 is 0. The zero-order chi connectivity index (χ0) is 15.9. The van der Waals surface area contributed by atoms with Gasteiger partial charge in [-0.25, -0.2) is 0 Å². The maximum absolute atomic E-state index is 12.6. The molecular formula is C17H14O5. The standard InChI is InChI=1S/C17H14O5/c1-2-7-22-12-8-11(18)13-14(17(12)21)16(20)10-6-4-3-5-9(10)15(13)19/h3-6,8,18,21H,2,7H2,1H3. The van der Waals surface area contributed by atoms with E-state index in [-0.39, 0.29) is 33.8 Å². The largest absolute Gasteiger partial charge is 0.507 e. The summed E-state index contributed by atoms with van der Waals surface area (Å²) in [6, 6.07) is 7.50. The van der Waals surface area contributed by atoms with E-state index in [1.807, 2.05) is 6.92 Å². The molecule has 0 fully saturated rings. The summed E-state index contributed by atoms with van der Waals surface area (Å²) in [6.45, 7) is 2.21. The average Bonchev–Trinajstić information content (AvgIpc) is 2.53. The van der Waals surface area contributed by atoms with Gasteiger partial charge in [-0.1, -0.05) is 31.2 Å². The van der Waals surface area contributed by atoms with E-state index in [1.165, 1.54) is 18.2 Å². The number of hydrogen-bond donors (Lipinski definition) is 2. The predicted octanol–water partition coefficient (Wildman–Crippen LogP) is 2.66. The van der Waals surface area contributed by atoms with Crippen molar-refractivity contribution in [3.05, 3.63) is 52.6 Å². The third-order valence-electron chi connectivity index (χ3n) is 3.58. The zero-order valence-corrected chi connectivity index (χ0v) is 11.9. The minimum absolute atomic E-state index is 0.00127. The van der Waals surface area contributed by atoms with E-state index in [1.54, 1.807) is 12.1 Å². The molecule has 2 aromatic carbocycles. The summed E-state index contributed by atoms with van der Waals surface area (Å²) in [5, 5.41) is 20.4. The molecular weight excluding hydrogens is 284 g/mol. The number of rotatable bonds is 3. The van der Waals surface area contributed by atoms with Gasteiger partial charge < -0.3 is 14.9 Å². The molecule has 0 saturated heterocycles. The first-order valence-corrected chi connectivity index (χ1v) is 6.96. The van der Waals surface area contributed by atoms with Crippen molar-refractivity contribution in [3.63, 3.8) is 0 Å². The Morgan fingerprint density at radius 2 is 1.59 bits per heavy atom. The van der Waals surface area contributed by atoms with Gasteiger partial charge in [0.05, 0.1) is 17.7 Å². The first-order valence-electron chi connectivity index (χ1n) is 6.96. The highest BCUT2D eigenvalue weighted by Crippen LogP contribution is 2.43. The van der Waals surface area contributed by atoms with Crippen LogP contribution in [0.15, 0.2) is 30.3 Å². The summed E-state index contributed by atoms with van der Waals surface area (Å²) in [4.78, 5) is 25.1. The number of benzene rings is 2. The predicted molar refractivity (Wildman–Crippen MR) is 78.9 cm³/mol. The maximum atomic E-state index is 12.6. The van der Waals surface area contributed by atoms with E-state index in [4.69, 9.17) is 4.74 Å². The van der Waals surface area contributed by atoms with Crippen LogP contribution in [-0.2, 0) is 0 Å². The lowest BCUT2D eigenvalue weighted by Gasteiger charge is -2.20. The molecule has 112 valence electrons. The number of carbonyl (C=O) groups is 2. The van der Waals surface area contributed by atoms with E-state index >= 15 is 0 Å². The number of aromatic hydroxyl groups is 2. The molecule has 5 heteroatoms. The Bertz CT molecular complexity index is 792. The second-order valence-corrected chi connectivity index (χ2v) is 5.04. The van der Waals surface area contributed by atoms with Crippen LogP contribution in [0.4, 0.5) is 0 Å². The molecule has 0 unspecified atom stereocenters. The molecule has 0 spiro atoms. The number of fused-ring (bicyclic) bond motifs is 2. The van der Waals surface area contributed by atoms with Gasteiger partial charge in [0.1, 0.15) is 5.75 Å². The van der Waals surface area contributed by atoms with Crippen LogP contribution >= 0.6 is 0 Å². The summed E-state index contributed by atoms with van der Waals surface area (Å²) in [6.07, 6.45) is 0.701. The van der Waals surface area contributed by atoms with E-state index in [2.05, 4.69) is 0 Å². The molecule has 2 aromatic rings. The first kappa shape index (κ1) is 14.1. The Morgan fingerprint density at radius 3 is 2.18 bits per heavy atom. The molecule has 0 aromatic heterocycles. The van der Waals surface area contributed by atoms with Crippen LogP contribution in [0.25, 0.3) is 0 Å². The molecule has 0 amide bonds. The summed E-state index contributed by atoms with van der Waals surface area (Å²) in [5.74, 6) is -1.76. The highest BCUT2D eigenvalue weighted by atomic mass is 16.5. The van der Waals surface area contributed by atoms with Gasteiger partial charge in [-0.2, -0.15) is 0 Å². The lowest BCUT2D eigenvalue weighted by molar-refractivity contribution is 0.0973. The molecule has 0 heterocycles. The molecule has 22 heavy (non-hydrogen) atoms. The highest BCUT2D eigenvalue weighted by molar-refractivity contribution is 6.30. The van der Waals surface area contributed by atoms with Gasteiger partial charge >= 0.3 is 0 Å². The molecule has 5 nitrogen and oxygen atoms in total. The third-order valence-corrected chi connectivity index (χ3v) is 3.58. The van der Waals surface area contributed by atoms with Gasteiger partial charge in [-0.3, -0.25) is 9.59 Å². The van der Waals surface area contributed by atoms with Crippen molar-refractivity contribution in [2.45, 2.75) is 13.3 Å². The Kier molecular flexibility index (Phi) is 3.33. The topological polar surface area (TPSA) is 83.8 Å². The van der Waals surface area contributed by atoms with Crippen LogP contribution in [0, 0.1) is 0 Å². The van der Waals surface area contributed by atoms with Crippen LogP contribution in [0.2, 0.25) is 0 Å². The summed E-state index contributed by atoms with van der Waals surface area (Å²) < 4.78 is 5.33. The molecule has 0 radical (unpaired) electrons. The Labute approximate surface area is 126 Å². The van der Waals surface area contributed by atoms with E-state index < -0.39 is 17.3 Å². The number of ether oxygens (including phenoxy) is 1. The van der Waals surface area contributed by atoms with Crippen LogP contribution in [-0.4, -0.2) is 28.4 Å². The van der Waals surface area contributed by atoms with Gasteiger partial charge in [0.2, 0.25) is 0 Å². The number of ketones is 2. The van der Waals surface area contributed by atoms with Gasteiger partial charge in [0.25, 0.3) is 0 Å². The fourth-order valence-corrected chi connectivity index (χ4v) is 2.56. The second-order valence-electron chi connectivity index (χ2n) is 5.04. The molecule has 3 rings (SSSR count). The van der Waals surface area contributed by atoms with Crippen LogP contribution in [0.1, 0.15) is 45.2 Å². The van der Waals surface area contributed by atoms with Crippen LogP contribution in [0.3, 0.4) is 0 Å². The lowest BCUT2D eigenvalue weighted by Crippen LogP contribution is -2.21. The molecule has 0 saturated carbocycles. The van der Waals surface area contributed by atoms with Crippen LogP contribution < -0.4 is 4.74 Å². The number of phenolic OH excluding ortho intramolecular Hbond substituents is 2. The van der Waals surface area contributed by atoms with Crippen LogP contribution in [0.5, 0.6) is 17.2 Å². The van der Waals surface area contributed by atoms with Gasteiger partial charge in [-0.05, 0) is 6.42 Å². The normalized spacial score (nSPS) is 12.8. The van der Waals surface area contributed by atoms with Gasteiger partial charge in [-0.15, -0.1) is 0 Å². The highest BCUT2D eigenvalue weighted by Gasteiger charge is 2.35. The zero-order valence-electron chi connectivity index (χ0n) is 11.9. The summed E-state index contributed by atoms with van der Waals surface area (Å²) in [7, 11) is 0. The smallest absolute Gasteiger partial charge is 0.198 e. The summed E-state index contributed by atoms with van der Waals surface area (Å²) in [5.41, 5.74) is 0.0547. The van der Waals surface area contributed by atoms with Crippen molar-refractivity contribution in [1.82, 2.24) is 0 Å². The molecule has 0 atom stereocenters. The van der Waals surface area contributed by atoms with Crippen molar-refractivity contribution < 1.29 is 24.5 Å². The fourth-order valence-electron chi connectivity index (χ4n) is 2.56.